The maximum atomic E-state index is 12.6. The molecule has 4 N–H and O–H groups in total. The van der Waals surface area contributed by atoms with Crippen molar-refractivity contribution in [1.29, 1.82) is 0 Å². The number of carbonyl (C=O) groups excluding carboxylic acids is 2. The van der Waals surface area contributed by atoms with Gasteiger partial charge in [-0.15, -0.1) is 0 Å². The molecule has 0 spiro atoms. The Hall–Kier alpha value is -2.37. The first-order chi connectivity index (χ1) is 27.1. The Kier molecular flexibility index (Phi) is 37.8. The molecule has 4 unspecified atom stereocenters. The van der Waals surface area contributed by atoms with Gasteiger partial charge in [0, 0.05) is 12.8 Å². The maximum absolute atomic E-state index is 12.6. The Bertz CT molecular complexity index is 1130. The summed E-state index contributed by atoms with van der Waals surface area (Å²) in [5, 5.41) is 28.6. The lowest BCUT2D eigenvalue weighted by Crippen LogP contribution is -2.30. The minimum absolute atomic E-state index is 0.0477. The zero-order valence-electron chi connectivity index (χ0n) is 34.7. The molecule has 0 aliphatic heterocycles. The molecule has 0 aromatic rings. The topological polar surface area (TPSA) is 169 Å². The highest BCUT2D eigenvalue weighted by Gasteiger charge is 2.27. The molecule has 4 atom stereocenters. The Morgan fingerprint density at radius 2 is 1.12 bits per heavy atom. The molecule has 0 aliphatic carbocycles. The largest absolute Gasteiger partial charge is 0.472 e. The van der Waals surface area contributed by atoms with Gasteiger partial charge >= 0.3 is 19.8 Å². The van der Waals surface area contributed by atoms with Crippen LogP contribution in [0.4, 0.5) is 0 Å². The van der Waals surface area contributed by atoms with Crippen molar-refractivity contribution in [3.8, 4) is 0 Å². The molecule has 0 fully saturated rings. The predicted octanol–water partition coefficient (Wildman–Crippen LogP) is 10.1. The molecule has 0 heterocycles. The van der Waals surface area contributed by atoms with Crippen molar-refractivity contribution in [3.63, 3.8) is 0 Å². The van der Waals surface area contributed by atoms with Crippen LogP contribution >= 0.6 is 7.82 Å². The molecule has 324 valence electrons. The van der Waals surface area contributed by atoms with Gasteiger partial charge in [-0.25, -0.2) is 4.57 Å². The van der Waals surface area contributed by atoms with Gasteiger partial charge in [-0.2, -0.15) is 0 Å². The highest BCUT2D eigenvalue weighted by Crippen LogP contribution is 2.43. The third-order valence-electron chi connectivity index (χ3n) is 8.75. The van der Waals surface area contributed by atoms with E-state index in [1.807, 2.05) is 12.2 Å². The van der Waals surface area contributed by atoms with Gasteiger partial charge in [-0.05, 0) is 70.6 Å². The third-order valence-corrected chi connectivity index (χ3v) is 9.70. The van der Waals surface area contributed by atoms with Gasteiger partial charge in [0.1, 0.15) is 12.7 Å². The molecule has 0 amide bonds. The van der Waals surface area contributed by atoms with E-state index in [1.165, 1.54) is 57.8 Å². The Morgan fingerprint density at radius 3 is 1.79 bits per heavy atom. The van der Waals surface area contributed by atoms with Crippen LogP contribution < -0.4 is 0 Å². The summed E-state index contributed by atoms with van der Waals surface area (Å²) in [6.07, 6.45) is 39.3. The van der Waals surface area contributed by atoms with Crippen LogP contribution in [0.25, 0.3) is 0 Å². The van der Waals surface area contributed by atoms with Crippen LogP contribution in [0, 0.1) is 0 Å². The molecule has 56 heavy (non-hydrogen) atoms. The fraction of sp³-hybridized carbons (Fsp3) is 0.727. The predicted molar refractivity (Wildman–Crippen MR) is 225 cm³/mol. The maximum Gasteiger partial charge on any atom is 0.472 e. The van der Waals surface area contributed by atoms with Gasteiger partial charge in [0.25, 0.3) is 0 Å². The minimum atomic E-state index is -4.67. The van der Waals surface area contributed by atoms with Crippen LogP contribution in [-0.4, -0.2) is 76.9 Å². The number of carbonyl (C=O) groups is 2. The van der Waals surface area contributed by atoms with Crippen molar-refractivity contribution in [2.45, 2.75) is 180 Å². The van der Waals surface area contributed by atoms with E-state index in [-0.39, 0.29) is 12.8 Å². The molecule has 12 heteroatoms. The fourth-order valence-corrected chi connectivity index (χ4v) is 6.17. The quantitative estimate of drug-likeness (QED) is 0.0153. The van der Waals surface area contributed by atoms with E-state index in [0.717, 1.165) is 57.8 Å². The Balaban J connectivity index is 4.54. The molecular weight excluding hydrogens is 735 g/mol. The summed E-state index contributed by atoms with van der Waals surface area (Å²) in [5.41, 5.74) is 0. The lowest BCUT2D eigenvalue weighted by Gasteiger charge is -2.20. The number of rotatable bonds is 39. The third kappa shape index (κ3) is 38.5. The van der Waals surface area contributed by atoms with E-state index >= 15 is 0 Å². The number of phosphoric ester groups is 1. The number of phosphoric acid groups is 1. The second kappa shape index (κ2) is 39.5. The van der Waals surface area contributed by atoms with Crippen LogP contribution in [0.15, 0.2) is 60.8 Å². The molecule has 0 bridgehead atoms. The Labute approximate surface area is 338 Å². The van der Waals surface area contributed by atoms with E-state index < -0.39 is 64.5 Å². The molecule has 0 rings (SSSR count). The lowest BCUT2D eigenvalue weighted by molar-refractivity contribution is -0.161. The number of aliphatic hydroxyl groups is 3. The summed E-state index contributed by atoms with van der Waals surface area (Å²) in [4.78, 5) is 35.0. The summed E-state index contributed by atoms with van der Waals surface area (Å²) in [6, 6.07) is 0. The molecule has 0 aliphatic rings. The minimum Gasteiger partial charge on any atom is -0.462 e. The number of aliphatic hydroxyl groups excluding tert-OH is 3. The number of allylic oxidation sites excluding steroid dienone is 9. The van der Waals surface area contributed by atoms with Gasteiger partial charge in [-0.1, -0.05) is 139 Å². The Morgan fingerprint density at radius 1 is 0.607 bits per heavy atom. The molecule has 0 saturated heterocycles. The number of ether oxygens (including phenoxy) is 2. The normalized spacial score (nSPS) is 15.0. The van der Waals surface area contributed by atoms with Crippen LogP contribution in [0.3, 0.4) is 0 Å². The standard InChI is InChI=1S/C44H77O11P/c1-3-5-7-9-11-13-15-17-18-20-22-24-26-28-30-34-43(48)52-38-42(39-54-56(50,51)53-37-41(47)36-45)55-44(49)35-31-33-40(46)32-29-27-25-23-21-19-16-14-12-10-8-6-4-2/h12,14,17-19,21,25,27,29,32,40-42,45-47H,3-11,13,15-16,20,22-24,26,28,30-31,33-39H2,1-2H3,(H,50,51)/b14-12+,18-17-,21-19+,27-25+,32-29+. The summed E-state index contributed by atoms with van der Waals surface area (Å²) in [5.74, 6) is -1.14. The van der Waals surface area contributed by atoms with Crippen LogP contribution in [-0.2, 0) is 32.7 Å². The fourth-order valence-electron chi connectivity index (χ4n) is 5.38. The van der Waals surface area contributed by atoms with Crippen molar-refractivity contribution in [2.75, 3.05) is 26.4 Å². The van der Waals surface area contributed by atoms with Crippen LogP contribution in [0.2, 0.25) is 0 Å². The van der Waals surface area contributed by atoms with Crippen molar-refractivity contribution in [3.05, 3.63) is 60.8 Å². The second-order valence-corrected chi connectivity index (χ2v) is 15.7. The van der Waals surface area contributed by atoms with Crippen molar-refractivity contribution in [1.82, 2.24) is 0 Å². The van der Waals surface area contributed by atoms with Crippen LogP contribution in [0.5, 0.6) is 0 Å². The van der Waals surface area contributed by atoms with Crippen LogP contribution in [0.1, 0.15) is 162 Å². The van der Waals surface area contributed by atoms with Crippen molar-refractivity contribution < 1.29 is 52.9 Å². The molecule has 0 aromatic heterocycles. The van der Waals surface area contributed by atoms with E-state index in [0.29, 0.717) is 19.3 Å². The summed E-state index contributed by atoms with van der Waals surface area (Å²) in [6.45, 7) is 2.10. The highest BCUT2D eigenvalue weighted by molar-refractivity contribution is 7.47. The van der Waals surface area contributed by atoms with E-state index in [9.17, 15) is 29.3 Å². The smallest absolute Gasteiger partial charge is 0.462 e. The molecule has 0 radical (unpaired) electrons. The van der Waals surface area contributed by atoms with E-state index in [2.05, 4.69) is 54.8 Å². The van der Waals surface area contributed by atoms with Gasteiger partial charge in [0.15, 0.2) is 6.10 Å². The molecule has 11 nitrogen and oxygen atoms in total. The molecule has 0 saturated carbocycles. The first-order valence-electron chi connectivity index (χ1n) is 21.4. The molecular formula is C44H77O11P. The van der Waals surface area contributed by atoms with Crippen molar-refractivity contribution >= 4 is 19.8 Å². The summed E-state index contributed by atoms with van der Waals surface area (Å²) >= 11 is 0. The van der Waals surface area contributed by atoms with Crippen molar-refractivity contribution in [2.24, 2.45) is 0 Å². The first-order valence-corrected chi connectivity index (χ1v) is 22.8. The lowest BCUT2D eigenvalue weighted by atomic mass is 10.1. The number of hydrogen-bond donors (Lipinski definition) is 4. The van der Waals surface area contributed by atoms with Gasteiger partial charge in [0.05, 0.1) is 25.9 Å². The summed E-state index contributed by atoms with van der Waals surface area (Å²) < 4.78 is 32.5. The highest BCUT2D eigenvalue weighted by atomic mass is 31.2. The van der Waals surface area contributed by atoms with E-state index in [4.69, 9.17) is 19.1 Å². The average Bonchev–Trinajstić information content (AvgIpc) is 3.18. The zero-order valence-corrected chi connectivity index (χ0v) is 35.6. The van der Waals surface area contributed by atoms with Gasteiger partial charge in [0.2, 0.25) is 0 Å². The zero-order chi connectivity index (χ0) is 41.4. The first kappa shape index (κ1) is 53.6. The number of hydrogen-bond acceptors (Lipinski definition) is 10. The van der Waals surface area contributed by atoms with Gasteiger partial charge in [-0.3, -0.25) is 18.6 Å². The average molecular weight is 813 g/mol. The monoisotopic (exact) mass is 813 g/mol. The molecule has 0 aromatic carbocycles. The number of esters is 2. The second-order valence-electron chi connectivity index (χ2n) is 14.2. The number of unbranched alkanes of at least 4 members (excludes halogenated alkanes) is 14. The summed E-state index contributed by atoms with van der Waals surface area (Å²) in [7, 11) is -4.67. The SMILES string of the molecule is CCCCC/C=C/C/C=C/C/C=C/C=C/C(O)CCCC(=O)OC(COC(=O)CCCCCCC/C=C\CCCCCCCC)COP(=O)(O)OCC(O)CO. The van der Waals surface area contributed by atoms with E-state index in [1.54, 1.807) is 12.2 Å². The van der Waals surface area contributed by atoms with Gasteiger partial charge < -0.3 is 29.7 Å².